The lowest BCUT2D eigenvalue weighted by Gasteiger charge is -2.03. The minimum Gasteiger partial charge on any atom is -0.478 e. The van der Waals surface area contributed by atoms with Gasteiger partial charge in [-0.05, 0) is 17.7 Å². The Morgan fingerprint density at radius 3 is 2.38 bits per heavy atom. The summed E-state index contributed by atoms with van der Waals surface area (Å²) in [5.74, 6) is -1.14. The second kappa shape index (κ2) is 3.96. The van der Waals surface area contributed by atoms with E-state index in [0.717, 1.165) is 0 Å². The van der Waals surface area contributed by atoms with Gasteiger partial charge in [0.1, 0.15) is 0 Å². The predicted molar refractivity (Wildman–Crippen MR) is 49.3 cm³/mol. The van der Waals surface area contributed by atoms with Gasteiger partial charge in [-0.15, -0.1) is 0 Å². The van der Waals surface area contributed by atoms with Crippen LogP contribution in [0.25, 0.3) is 0 Å². The molecule has 3 nitrogen and oxygen atoms in total. The maximum Gasteiger partial charge on any atom is 0.337 e. The number of halogens is 2. The molecule has 5 heteroatoms. The van der Waals surface area contributed by atoms with Crippen molar-refractivity contribution >= 4 is 29.2 Å². The molecule has 13 heavy (non-hydrogen) atoms. The highest BCUT2D eigenvalue weighted by molar-refractivity contribution is 6.36. The maximum absolute atomic E-state index is 10.6. The highest BCUT2D eigenvalue weighted by atomic mass is 35.5. The van der Waals surface area contributed by atoms with Crippen LogP contribution in [0.1, 0.15) is 15.9 Å². The van der Waals surface area contributed by atoms with Crippen LogP contribution in [0.15, 0.2) is 12.1 Å². The largest absolute Gasteiger partial charge is 0.478 e. The van der Waals surface area contributed by atoms with Crippen molar-refractivity contribution in [1.82, 2.24) is 0 Å². The van der Waals surface area contributed by atoms with Crippen molar-refractivity contribution in [1.29, 1.82) is 0 Å². The fourth-order valence-corrected chi connectivity index (χ4v) is 1.36. The van der Waals surface area contributed by atoms with Crippen molar-refractivity contribution < 1.29 is 15.0 Å². The zero-order chi connectivity index (χ0) is 10.0. The molecule has 0 aromatic heterocycles. The molecule has 0 unspecified atom stereocenters. The minimum atomic E-state index is -1.14. The molecule has 0 spiro atoms. The van der Waals surface area contributed by atoms with E-state index in [2.05, 4.69) is 0 Å². The van der Waals surface area contributed by atoms with Crippen LogP contribution in [0.3, 0.4) is 0 Å². The van der Waals surface area contributed by atoms with Crippen LogP contribution in [-0.4, -0.2) is 16.2 Å². The molecule has 0 amide bonds. The number of carbonyl (C=O) groups is 1. The van der Waals surface area contributed by atoms with E-state index < -0.39 is 5.97 Å². The van der Waals surface area contributed by atoms with Crippen molar-refractivity contribution in [2.45, 2.75) is 6.61 Å². The van der Waals surface area contributed by atoms with Crippen LogP contribution >= 0.6 is 23.2 Å². The normalized spacial score (nSPS) is 10.1. The van der Waals surface area contributed by atoms with Crippen molar-refractivity contribution in [3.05, 3.63) is 33.3 Å². The molecule has 0 bridgehead atoms. The van der Waals surface area contributed by atoms with E-state index in [0.29, 0.717) is 5.56 Å². The van der Waals surface area contributed by atoms with Gasteiger partial charge in [-0.1, -0.05) is 23.2 Å². The lowest BCUT2D eigenvalue weighted by Crippen LogP contribution is -1.99. The van der Waals surface area contributed by atoms with Crippen LogP contribution < -0.4 is 0 Å². The Morgan fingerprint density at radius 1 is 1.31 bits per heavy atom. The smallest absolute Gasteiger partial charge is 0.337 e. The molecule has 0 heterocycles. The number of aliphatic hydroxyl groups is 1. The summed E-state index contributed by atoms with van der Waals surface area (Å²) in [5.41, 5.74) is 0.348. The van der Waals surface area contributed by atoms with E-state index in [1.54, 1.807) is 0 Å². The third kappa shape index (κ3) is 2.12. The second-order valence-corrected chi connectivity index (χ2v) is 3.20. The van der Waals surface area contributed by atoms with Crippen LogP contribution in [0, 0.1) is 0 Å². The molecule has 0 saturated heterocycles. The fourth-order valence-electron chi connectivity index (χ4n) is 0.873. The number of benzene rings is 1. The van der Waals surface area contributed by atoms with Crippen molar-refractivity contribution in [3.8, 4) is 0 Å². The quantitative estimate of drug-likeness (QED) is 0.804. The molecule has 0 aliphatic rings. The number of hydrogen-bond donors (Lipinski definition) is 2. The van der Waals surface area contributed by atoms with Gasteiger partial charge >= 0.3 is 5.97 Å². The number of carboxylic acids is 1. The average Bonchev–Trinajstić information content (AvgIpc) is 2.07. The summed E-state index contributed by atoms with van der Waals surface area (Å²) in [4.78, 5) is 10.6. The Bertz CT molecular complexity index is 349. The number of aliphatic hydroxyl groups excluding tert-OH is 1. The zero-order valence-corrected chi connectivity index (χ0v) is 7.93. The molecule has 1 rings (SSSR count). The molecule has 0 saturated carbocycles. The highest BCUT2D eigenvalue weighted by Crippen LogP contribution is 2.25. The van der Waals surface area contributed by atoms with Crippen LogP contribution in [0.4, 0.5) is 0 Å². The van der Waals surface area contributed by atoms with E-state index in [9.17, 15) is 4.79 Å². The number of hydrogen-bond acceptors (Lipinski definition) is 2. The summed E-state index contributed by atoms with van der Waals surface area (Å²) < 4.78 is 0. The molecule has 0 radical (unpaired) electrons. The predicted octanol–water partition coefficient (Wildman–Crippen LogP) is 2.18. The Balaban J connectivity index is 3.28. The molecule has 70 valence electrons. The first kappa shape index (κ1) is 10.3. The summed E-state index contributed by atoms with van der Waals surface area (Å²) in [6.07, 6.45) is 0. The Labute approximate surface area is 84.5 Å². The summed E-state index contributed by atoms with van der Waals surface area (Å²) in [6, 6.07) is 2.56. The van der Waals surface area contributed by atoms with E-state index in [4.69, 9.17) is 33.4 Å². The van der Waals surface area contributed by atoms with Gasteiger partial charge in [0.05, 0.1) is 17.2 Å². The Hall–Kier alpha value is -0.770. The second-order valence-electron chi connectivity index (χ2n) is 2.39. The molecule has 2 N–H and O–H groups in total. The molecule has 0 aliphatic heterocycles. The topological polar surface area (TPSA) is 57.5 Å². The lowest BCUT2D eigenvalue weighted by molar-refractivity contribution is 0.0697. The SMILES string of the molecule is O=C(O)c1cc(Cl)c(CO)cc1Cl. The van der Waals surface area contributed by atoms with Crippen molar-refractivity contribution in [2.75, 3.05) is 0 Å². The van der Waals surface area contributed by atoms with Crippen molar-refractivity contribution in [3.63, 3.8) is 0 Å². The van der Waals surface area contributed by atoms with Gasteiger partial charge in [-0.3, -0.25) is 0 Å². The van der Waals surface area contributed by atoms with Gasteiger partial charge in [0.15, 0.2) is 0 Å². The van der Waals surface area contributed by atoms with E-state index in [1.807, 2.05) is 0 Å². The first-order valence-corrected chi connectivity index (χ1v) is 4.14. The van der Waals surface area contributed by atoms with Gasteiger partial charge in [-0.2, -0.15) is 0 Å². The Kier molecular flexibility index (Phi) is 3.14. The van der Waals surface area contributed by atoms with E-state index in [1.165, 1.54) is 12.1 Å². The molecule has 0 aliphatic carbocycles. The van der Waals surface area contributed by atoms with E-state index in [-0.39, 0.29) is 22.2 Å². The van der Waals surface area contributed by atoms with Crippen LogP contribution in [0.2, 0.25) is 10.0 Å². The average molecular weight is 221 g/mol. The summed E-state index contributed by atoms with van der Waals surface area (Å²) in [7, 11) is 0. The highest BCUT2D eigenvalue weighted by Gasteiger charge is 2.11. The number of carboxylic acid groups (broad SMARTS) is 1. The van der Waals surface area contributed by atoms with Gasteiger partial charge in [0, 0.05) is 5.02 Å². The van der Waals surface area contributed by atoms with E-state index >= 15 is 0 Å². The fraction of sp³-hybridized carbons (Fsp3) is 0.125. The third-order valence-corrected chi connectivity index (χ3v) is 2.20. The first-order chi connectivity index (χ1) is 6.06. The first-order valence-electron chi connectivity index (χ1n) is 3.38. The molecule has 1 aromatic rings. The standard InChI is InChI=1S/C8H6Cl2O3/c9-6-2-5(8(12)13)7(10)1-4(6)3-11/h1-2,11H,3H2,(H,12,13). The van der Waals surface area contributed by atoms with Crippen LogP contribution in [-0.2, 0) is 6.61 Å². The molecular formula is C8H6Cl2O3. The summed E-state index contributed by atoms with van der Waals surface area (Å²) in [5, 5.41) is 17.7. The van der Waals surface area contributed by atoms with Crippen LogP contribution in [0.5, 0.6) is 0 Å². The van der Waals surface area contributed by atoms with Crippen molar-refractivity contribution in [2.24, 2.45) is 0 Å². The molecule has 1 aromatic carbocycles. The minimum absolute atomic E-state index is 0.0659. The number of rotatable bonds is 2. The lowest BCUT2D eigenvalue weighted by atomic mass is 10.1. The molecule has 0 fully saturated rings. The monoisotopic (exact) mass is 220 g/mol. The summed E-state index contributed by atoms with van der Waals surface area (Å²) in [6.45, 7) is -0.265. The molecular weight excluding hydrogens is 215 g/mol. The summed E-state index contributed by atoms with van der Waals surface area (Å²) >= 11 is 11.3. The molecule has 0 atom stereocenters. The Morgan fingerprint density at radius 2 is 1.92 bits per heavy atom. The third-order valence-electron chi connectivity index (χ3n) is 1.54. The van der Waals surface area contributed by atoms with Gasteiger partial charge < -0.3 is 10.2 Å². The van der Waals surface area contributed by atoms with Gasteiger partial charge in [0.25, 0.3) is 0 Å². The number of aromatic carboxylic acids is 1. The zero-order valence-electron chi connectivity index (χ0n) is 6.42. The van der Waals surface area contributed by atoms with Gasteiger partial charge in [-0.25, -0.2) is 4.79 Å². The maximum atomic E-state index is 10.6. The van der Waals surface area contributed by atoms with Gasteiger partial charge in [0.2, 0.25) is 0 Å².